The fraction of sp³-hybridized carbons (Fsp3) is 0.325. The normalized spacial score (nSPS) is 21.2. The van der Waals surface area contributed by atoms with Crippen LogP contribution in [-0.4, -0.2) is 76.2 Å². The first-order valence-electron chi connectivity index (χ1n) is 17.3. The Morgan fingerprint density at radius 3 is 2.38 bits per heavy atom. The molecule has 3 aromatic carbocycles. The number of hydrogen-bond acceptors (Lipinski definition) is 7. The number of methoxy groups -OCH3 is 1. The zero-order valence-electron chi connectivity index (χ0n) is 29.4. The van der Waals surface area contributed by atoms with Crippen molar-refractivity contribution in [1.82, 2.24) is 25.8 Å². The van der Waals surface area contributed by atoms with Crippen LogP contribution in [0.15, 0.2) is 97.6 Å². The second-order valence-electron chi connectivity index (χ2n) is 13.6. The lowest BCUT2D eigenvalue weighted by atomic mass is 10.0. The number of aliphatic carboxylic acids is 1. The number of benzene rings is 3. The van der Waals surface area contributed by atoms with Crippen molar-refractivity contribution in [3.63, 3.8) is 0 Å². The summed E-state index contributed by atoms with van der Waals surface area (Å²) >= 11 is 0. The van der Waals surface area contributed by atoms with Crippen molar-refractivity contribution in [2.24, 2.45) is 11.8 Å². The number of carboxylic acids is 1. The maximum absolute atomic E-state index is 14.1. The number of aromatic nitrogens is 1. The van der Waals surface area contributed by atoms with Gasteiger partial charge in [-0.15, -0.1) is 6.58 Å². The SMILES string of the molecule is C=CC1C[C@]1(NC(=O)[C@@H]1C[C@@H](Oc2cc(-c3ccccc3)nc3cc(OC)ccc23)CN1C(=O)N[C@H](C(=O)NCc1ccccc1)C(C)C)C(=O)O. The van der Waals surface area contributed by atoms with Gasteiger partial charge in [-0.3, -0.25) is 9.59 Å². The number of carboxylic acid groups (broad SMARTS) is 1. The van der Waals surface area contributed by atoms with Crippen molar-refractivity contribution in [3.8, 4) is 22.8 Å². The molecule has 12 nitrogen and oxygen atoms in total. The number of hydrogen-bond donors (Lipinski definition) is 4. The topological polar surface area (TPSA) is 159 Å². The summed E-state index contributed by atoms with van der Waals surface area (Å²) in [7, 11) is 1.58. The summed E-state index contributed by atoms with van der Waals surface area (Å²) in [6.07, 6.45) is 1.11. The minimum Gasteiger partial charge on any atom is -0.497 e. The molecule has 0 spiro atoms. The molecule has 1 aliphatic heterocycles. The van der Waals surface area contributed by atoms with E-state index in [1.54, 1.807) is 13.2 Å². The number of carbonyl (C=O) groups excluding carboxylic acids is 3. The number of carbonyl (C=O) groups is 4. The van der Waals surface area contributed by atoms with Crippen molar-refractivity contribution >= 4 is 34.7 Å². The summed E-state index contributed by atoms with van der Waals surface area (Å²) < 4.78 is 12.1. The van der Waals surface area contributed by atoms with E-state index in [-0.39, 0.29) is 37.8 Å². The van der Waals surface area contributed by atoms with E-state index in [4.69, 9.17) is 14.5 Å². The van der Waals surface area contributed by atoms with Crippen LogP contribution in [0.5, 0.6) is 11.5 Å². The predicted octanol–water partition coefficient (Wildman–Crippen LogP) is 4.93. The molecule has 12 heteroatoms. The number of pyridine rings is 1. The number of nitrogens with zero attached hydrogens (tertiary/aromatic N) is 2. The molecular formula is C40H43N5O7. The number of likely N-dealkylation sites (tertiary alicyclic amines) is 1. The number of fused-ring (bicyclic) bond motifs is 1. The zero-order chi connectivity index (χ0) is 37.0. The van der Waals surface area contributed by atoms with Crippen molar-refractivity contribution in [2.75, 3.05) is 13.7 Å². The lowest BCUT2D eigenvalue weighted by Crippen LogP contribution is -2.57. The van der Waals surface area contributed by atoms with Crippen LogP contribution >= 0.6 is 0 Å². The molecule has 1 saturated carbocycles. The Balaban J connectivity index is 1.28. The molecule has 2 heterocycles. The second kappa shape index (κ2) is 15.1. The first-order valence-corrected chi connectivity index (χ1v) is 17.3. The Morgan fingerprint density at radius 2 is 1.75 bits per heavy atom. The first-order chi connectivity index (χ1) is 25.0. The molecule has 52 heavy (non-hydrogen) atoms. The molecular weight excluding hydrogens is 662 g/mol. The third-order valence-electron chi connectivity index (χ3n) is 9.73. The van der Waals surface area contributed by atoms with Crippen LogP contribution in [0.3, 0.4) is 0 Å². The van der Waals surface area contributed by atoms with E-state index in [9.17, 15) is 24.3 Å². The zero-order valence-corrected chi connectivity index (χ0v) is 29.4. The van der Waals surface area contributed by atoms with Gasteiger partial charge in [-0.2, -0.15) is 0 Å². The highest BCUT2D eigenvalue weighted by molar-refractivity contribution is 5.95. The standard InChI is InChI=1S/C40H43N5O7/c1-5-27-21-40(27,38(48)49)44-36(46)33-19-29(23-45(33)39(50)43-35(24(2)3)37(47)41-22-25-12-8-6-9-13-25)52-34-20-31(26-14-10-7-11-15-26)42-32-18-28(51-4)16-17-30(32)34/h5-18,20,24,27,29,33,35H,1,19,21-23H2,2-4H3,(H,41,47)(H,43,50)(H,44,46)(H,48,49)/t27?,29-,33+,35+,40-/m1/s1. The molecule has 2 fully saturated rings. The van der Waals surface area contributed by atoms with Crippen molar-refractivity contribution < 1.29 is 33.8 Å². The van der Waals surface area contributed by atoms with Gasteiger partial charge in [-0.25, -0.2) is 14.6 Å². The number of nitrogens with one attached hydrogen (secondary N) is 3. The maximum atomic E-state index is 14.1. The van der Waals surface area contributed by atoms with Crippen LogP contribution in [0.4, 0.5) is 4.79 Å². The maximum Gasteiger partial charge on any atom is 0.330 e. The Bertz CT molecular complexity index is 1970. The molecule has 4 aromatic rings. The van der Waals surface area contributed by atoms with E-state index >= 15 is 0 Å². The van der Waals surface area contributed by atoms with Crippen LogP contribution in [0.1, 0.15) is 32.3 Å². The van der Waals surface area contributed by atoms with Gasteiger partial charge in [0, 0.05) is 42.0 Å². The monoisotopic (exact) mass is 705 g/mol. The minimum absolute atomic E-state index is 0.00797. The third-order valence-corrected chi connectivity index (χ3v) is 9.73. The van der Waals surface area contributed by atoms with E-state index in [0.29, 0.717) is 28.1 Å². The van der Waals surface area contributed by atoms with Gasteiger partial charge in [-0.1, -0.05) is 80.6 Å². The average Bonchev–Trinajstić information content (AvgIpc) is 3.72. The summed E-state index contributed by atoms with van der Waals surface area (Å²) in [5, 5.41) is 19.1. The third kappa shape index (κ3) is 7.56. The van der Waals surface area contributed by atoms with Crippen molar-refractivity contribution in [1.29, 1.82) is 0 Å². The van der Waals surface area contributed by atoms with Crippen molar-refractivity contribution in [3.05, 3.63) is 103 Å². The van der Waals surface area contributed by atoms with Gasteiger partial charge in [0.1, 0.15) is 35.2 Å². The van der Waals surface area contributed by atoms with E-state index in [0.717, 1.165) is 11.1 Å². The first kappa shape index (κ1) is 35.9. The number of ether oxygens (including phenoxy) is 2. The molecule has 4 amide bonds. The van der Waals surface area contributed by atoms with E-state index < -0.39 is 47.6 Å². The smallest absolute Gasteiger partial charge is 0.330 e. The number of rotatable bonds is 13. The summed E-state index contributed by atoms with van der Waals surface area (Å²) in [5.41, 5.74) is 1.57. The van der Waals surface area contributed by atoms with E-state index in [1.165, 1.54) is 11.0 Å². The van der Waals surface area contributed by atoms with Crippen LogP contribution in [0, 0.1) is 11.8 Å². The number of amides is 4. The summed E-state index contributed by atoms with van der Waals surface area (Å²) in [5.74, 6) is -1.78. The molecule has 6 rings (SSSR count). The molecule has 1 unspecified atom stereocenters. The molecule has 1 aromatic heterocycles. The largest absolute Gasteiger partial charge is 0.497 e. The van der Waals surface area contributed by atoms with Gasteiger partial charge in [0.05, 0.1) is 24.9 Å². The van der Waals surface area contributed by atoms with Gasteiger partial charge < -0.3 is 35.4 Å². The lowest BCUT2D eigenvalue weighted by Gasteiger charge is -2.29. The minimum atomic E-state index is -1.50. The highest BCUT2D eigenvalue weighted by Gasteiger charge is 2.61. The Hall–Kier alpha value is -5.91. The Labute approximate surface area is 302 Å². The van der Waals surface area contributed by atoms with Gasteiger partial charge >= 0.3 is 12.0 Å². The molecule has 270 valence electrons. The average molecular weight is 706 g/mol. The summed E-state index contributed by atoms with van der Waals surface area (Å²) in [6, 6.07) is 23.7. The summed E-state index contributed by atoms with van der Waals surface area (Å²) in [4.78, 5) is 59.8. The summed E-state index contributed by atoms with van der Waals surface area (Å²) in [6.45, 7) is 7.62. The predicted molar refractivity (Wildman–Crippen MR) is 196 cm³/mol. The second-order valence-corrected chi connectivity index (χ2v) is 13.6. The molecule has 2 aliphatic rings. The van der Waals surface area contributed by atoms with E-state index in [1.807, 2.05) is 92.7 Å². The van der Waals surface area contributed by atoms with Crippen LogP contribution in [0.25, 0.3) is 22.2 Å². The van der Waals surface area contributed by atoms with E-state index in [2.05, 4.69) is 22.5 Å². The molecule has 4 N–H and O–H groups in total. The quantitative estimate of drug-likeness (QED) is 0.143. The van der Waals surface area contributed by atoms with Gasteiger partial charge in [0.2, 0.25) is 11.8 Å². The van der Waals surface area contributed by atoms with Gasteiger partial charge in [-0.05, 0) is 30.0 Å². The van der Waals surface area contributed by atoms with Crippen LogP contribution < -0.4 is 25.4 Å². The van der Waals surface area contributed by atoms with Crippen LogP contribution in [0.2, 0.25) is 0 Å². The molecule has 1 aliphatic carbocycles. The highest BCUT2D eigenvalue weighted by atomic mass is 16.5. The fourth-order valence-electron chi connectivity index (χ4n) is 6.66. The Kier molecular flexibility index (Phi) is 10.5. The van der Waals surface area contributed by atoms with Gasteiger partial charge in [0.25, 0.3) is 0 Å². The Morgan fingerprint density at radius 1 is 1.04 bits per heavy atom. The van der Waals surface area contributed by atoms with Crippen LogP contribution in [-0.2, 0) is 20.9 Å². The molecule has 5 atom stereocenters. The number of urea groups is 1. The van der Waals surface area contributed by atoms with Crippen molar-refractivity contribution in [2.45, 2.75) is 57.0 Å². The molecule has 1 saturated heterocycles. The fourth-order valence-corrected chi connectivity index (χ4v) is 6.66. The molecule has 0 radical (unpaired) electrons. The molecule has 0 bridgehead atoms. The highest BCUT2D eigenvalue weighted by Crippen LogP contribution is 2.45. The lowest BCUT2D eigenvalue weighted by molar-refractivity contribution is -0.144. The van der Waals surface area contributed by atoms with Gasteiger partial charge in [0.15, 0.2) is 0 Å².